The summed E-state index contributed by atoms with van der Waals surface area (Å²) in [5.74, 6) is -0.564. The van der Waals surface area contributed by atoms with Crippen LogP contribution in [0, 0.1) is 0 Å². The summed E-state index contributed by atoms with van der Waals surface area (Å²) < 4.78 is 4.60. The Morgan fingerprint density at radius 3 is 3.00 bits per heavy atom. The van der Waals surface area contributed by atoms with Crippen molar-refractivity contribution in [3.05, 3.63) is 11.7 Å². The van der Waals surface area contributed by atoms with Crippen molar-refractivity contribution in [3.8, 4) is 0 Å². The Balaban J connectivity index is 2.73. The fourth-order valence-corrected chi connectivity index (χ4v) is 0.888. The molecule has 1 N–H and O–H groups in total. The van der Waals surface area contributed by atoms with E-state index in [1.807, 2.05) is 6.26 Å². The smallest absolute Gasteiger partial charge is 0.377 e. The third kappa shape index (κ3) is 1.94. The number of carboxylic acids is 1. The van der Waals surface area contributed by atoms with Gasteiger partial charge in [-0.15, -0.1) is 0 Å². The minimum atomic E-state index is -1.17. The summed E-state index contributed by atoms with van der Waals surface area (Å²) in [7, 11) is 0. The van der Waals surface area contributed by atoms with Gasteiger partial charge >= 0.3 is 5.97 Å². The minimum absolute atomic E-state index is 0.283. The molecular formula is C5H6N2O3S. The lowest BCUT2D eigenvalue weighted by molar-refractivity contribution is 0.0680. The van der Waals surface area contributed by atoms with Crippen LogP contribution in [0.25, 0.3) is 0 Å². The van der Waals surface area contributed by atoms with E-state index < -0.39 is 5.97 Å². The molecule has 0 unspecified atom stereocenters. The normalized spacial score (nSPS) is 9.91. The van der Waals surface area contributed by atoms with Crippen molar-refractivity contribution >= 4 is 17.7 Å². The molecule has 0 saturated heterocycles. The van der Waals surface area contributed by atoms with Gasteiger partial charge in [-0.2, -0.15) is 16.7 Å². The number of thioether (sulfide) groups is 1. The molecule has 0 aliphatic carbocycles. The maximum absolute atomic E-state index is 10.2. The zero-order chi connectivity index (χ0) is 8.27. The summed E-state index contributed by atoms with van der Waals surface area (Å²) in [5.41, 5.74) is 0. The molecule has 6 heteroatoms. The Hall–Kier alpha value is -1.04. The zero-order valence-electron chi connectivity index (χ0n) is 5.77. The predicted octanol–water partition coefficient (Wildman–Crippen LogP) is 0.631. The second kappa shape index (κ2) is 3.38. The number of aromatic nitrogens is 2. The fraction of sp³-hybridized carbons (Fsp3) is 0.400. The van der Waals surface area contributed by atoms with Crippen molar-refractivity contribution in [2.24, 2.45) is 0 Å². The zero-order valence-corrected chi connectivity index (χ0v) is 6.59. The molecule has 0 aromatic carbocycles. The highest BCUT2D eigenvalue weighted by atomic mass is 32.2. The Morgan fingerprint density at radius 2 is 2.55 bits per heavy atom. The molecule has 0 amide bonds. The number of carbonyl (C=O) groups is 1. The summed E-state index contributed by atoms with van der Waals surface area (Å²) >= 11 is 1.49. The summed E-state index contributed by atoms with van der Waals surface area (Å²) in [6.07, 6.45) is 1.87. The molecule has 5 nitrogen and oxygen atoms in total. The van der Waals surface area contributed by atoms with Gasteiger partial charge in [0.15, 0.2) is 0 Å². The van der Waals surface area contributed by atoms with Crippen LogP contribution in [0.2, 0.25) is 0 Å². The summed E-state index contributed by atoms with van der Waals surface area (Å²) in [6.45, 7) is 0. The molecule has 0 spiro atoms. The third-order valence-electron chi connectivity index (χ3n) is 0.927. The standard InChI is InChI=1S/C5H6N2O3S/c1-11-2-3-6-4(5(8)9)7-10-3/h2H2,1H3,(H,8,9). The molecule has 60 valence electrons. The van der Waals surface area contributed by atoms with E-state index >= 15 is 0 Å². The first-order chi connectivity index (χ1) is 5.24. The molecule has 0 atom stereocenters. The highest BCUT2D eigenvalue weighted by Crippen LogP contribution is 2.05. The van der Waals surface area contributed by atoms with Gasteiger partial charge < -0.3 is 9.63 Å². The molecule has 0 radical (unpaired) electrons. The van der Waals surface area contributed by atoms with E-state index in [4.69, 9.17) is 5.11 Å². The molecule has 1 aromatic rings. The monoisotopic (exact) mass is 174 g/mol. The van der Waals surface area contributed by atoms with E-state index in [1.54, 1.807) is 0 Å². The number of nitrogens with zero attached hydrogens (tertiary/aromatic N) is 2. The van der Waals surface area contributed by atoms with Crippen molar-refractivity contribution in [1.29, 1.82) is 0 Å². The number of hydrogen-bond donors (Lipinski definition) is 1. The van der Waals surface area contributed by atoms with Crippen LogP contribution in [0.15, 0.2) is 4.52 Å². The lowest BCUT2D eigenvalue weighted by Crippen LogP contribution is -1.98. The van der Waals surface area contributed by atoms with Crippen molar-refractivity contribution in [2.75, 3.05) is 6.26 Å². The largest absolute Gasteiger partial charge is 0.475 e. The van der Waals surface area contributed by atoms with Crippen LogP contribution in [-0.2, 0) is 5.75 Å². The number of rotatable bonds is 3. The summed E-state index contributed by atoms with van der Waals surface area (Å²) in [6, 6.07) is 0. The molecular weight excluding hydrogens is 168 g/mol. The SMILES string of the molecule is CSCc1nc(C(=O)O)no1. The molecule has 1 heterocycles. The van der Waals surface area contributed by atoms with E-state index in [0.29, 0.717) is 11.6 Å². The first-order valence-corrected chi connectivity index (χ1v) is 4.18. The van der Waals surface area contributed by atoms with Crippen LogP contribution in [0.4, 0.5) is 0 Å². The van der Waals surface area contributed by atoms with E-state index in [9.17, 15) is 4.79 Å². The second-order valence-electron chi connectivity index (χ2n) is 1.75. The molecule has 0 bridgehead atoms. The van der Waals surface area contributed by atoms with Gasteiger partial charge in [0.25, 0.3) is 5.82 Å². The number of carboxylic acid groups (broad SMARTS) is 1. The number of hydrogen-bond acceptors (Lipinski definition) is 5. The van der Waals surface area contributed by atoms with Gasteiger partial charge in [0.2, 0.25) is 5.89 Å². The molecule has 0 aliphatic heterocycles. The molecule has 0 saturated carbocycles. The summed E-state index contributed by atoms with van der Waals surface area (Å²) in [4.78, 5) is 13.8. The van der Waals surface area contributed by atoms with Crippen LogP contribution in [0.1, 0.15) is 16.5 Å². The highest BCUT2D eigenvalue weighted by molar-refractivity contribution is 7.97. The van der Waals surface area contributed by atoms with Gasteiger partial charge in [0.05, 0.1) is 5.75 Å². The average molecular weight is 174 g/mol. The van der Waals surface area contributed by atoms with Crippen molar-refractivity contribution in [3.63, 3.8) is 0 Å². The first-order valence-electron chi connectivity index (χ1n) is 2.79. The van der Waals surface area contributed by atoms with E-state index in [0.717, 1.165) is 0 Å². The predicted molar refractivity (Wildman–Crippen MR) is 38.5 cm³/mol. The first kappa shape index (κ1) is 8.06. The summed E-state index contributed by atoms with van der Waals surface area (Å²) in [5, 5.41) is 11.6. The van der Waals surface area contributed by atoms with Crippen LogP contribution in [-0.4, -0.2) is 27.5 Å². The molecule has 0 fully saturated rings. The van der Waals surface area contributed by atoms with Crippen molar-refractivity contribution in [1.82, 2.24) is 10.1 Å². The molecule has 1 aromatic heterocycles. The Bertz CT molecular complexity index is 260. The number of aromatic carboxylic acids is 1. The lowest BCUT2D eigenvalue weighted by atomic mass is 10.6. The van der Waals surface area contributed by atoms with Crippen molar-refractivity contribution in [2.45, 2.75) is 5.75 Å². The topological polar surface area (TPSA) is 76.2 Å². The van der Waals surface area contributed by atoms with Crippen LogP contribution in [0.5, 0.6) is 0 Å². The Morgan fingerprint density at radius 1 is 1.82 bits per heavy atom. The Kier molecular flexibility index (Phi) is 2.48. The van der Waals surface area contributed by atoms with Crippen LogP contribution >= 0.6 is 11.8 Å². The quantitative estimate of drug-likeness (QED) is 0.724. The fourth-order valence-electron chi connectivity index (χ4n) is 0.524. The minimum Gasteiger partial charge on any atom is -0.475 e. The van der Waals surface area contributed by atoms with Crippen LogP contribution < -0.4 is 0 Å². The van der Waals surface area contributed by atoms with Gasteiger partial charge in [-0.25, -0.2) is 4.79 Å². The van der Waals surface area contributed by atoms with Crippen molar-refractivity contribution < 1.29 is 14.4 Å². The molecule has 0 aliphatic rings. The van der Waals surface area contributed by atoms with E-state index in [-0.39, 0.29) is 5.82 Å². The van der Waals surface area contributed by atoms with Gasteiger partial charge in [-0.1, -0.05) is 0 Å². The van der Waals surface area contributed by atoms with Gasteiger partial charge in [-0.3, -0.25) is 0 Å². The molecule has 1 rings (SSSR count). The average Bonchev–Trinajstić information content (AvgIpc) is 2.37. The van der Waals surface area contributed by atoms with Gasteiger partial charge in [-0.05, 0) is 11.4 Å². The maximum Gasteiger partial charge on any atom is 0.377 e. The van der Waals surface area contributed by atoms with Gasteiger partial charge in [0.1, 0.15) is 0 Å². The highest BCUT2D eigenvalue weighted by Gasteiger charge is 2.11. The van der Waals surface area contributed by atoms with E-state index in [1.165, 1.54) is 11.8 Å². The van der Waals surface area contributed by atoms with Crippen LogP contribution in [0.3, 0.4) is 0 Å². The third-order valence-corrected chi connectivity index (χ3v) is 1.46. The molecule has 11 heavy (non-hydrogen) atoms. The lowest BCUT2D eigenvalue weighted by Gasteiger charge is -1.82. The maximum atomic E-state index is 10.2. The second-order valence-corrected chi connectivity index (χ2v) is 2.62. The Labute approximate surface area is 66.8 Å². The van der Waals surface area contributed by atoms with Gasteiger partial charge in [0, 0.05) is 0 Å². The van der Waals surface area contributed by atoms with E-state index in [2.05, 4.69) is 14.7 Å².